The molecule has 3 rings (SSSR count). The molecule has 0 spiro atoms. The van der Waals surface area contributed by atoms with Gasteiger partial charge in [0.05, 0.1) is 18.1 Å². The van der Waals surface area contributed by atoms with Gasteiger partial charge in [-0.3, -0.25) is 0 Å². The van der Waals surface area contributed by atoms with Gasteiger partial charge in [-0.05, 0) is 31.2 Å². The average molecular weight is 266 g/mol. The van der Waals surface area contributed by atoms with Crippen molar-refractivity contribution < 1.29 is 9.47 Å². The van der Waals surface area contributed by atoms with E-state index in [0.29, 0.717) is 11.6 Å². The van der Waals surface area contributed by atoms with Crippen molar-refractivity contribution in [1.82, 2.24) is 9.97 Å². The molecule has 0 N–H and O–H groups in total. The van der Waals surface area contributed by atoms with Crippen molar-refractivity contribution in [2.45, 2.75) is 6.92 Å². The first-order chi connectivity index (χ1) is 9.76. The van der Waals surface area contributed by atoms with E-state index in [-0.39, 0.29) is 0 Å². The molecule has 0 saturated carbocycles. The number of aryl methyl sites for hydroxylation is 1. The van der Waals surface area contributed by atoms with E-state index in [1.54, 1.807) is 7.11 Å². The van der Waals surface area contributed by atoms with Gasteiger partial charge in [0.2, 0.25) is 5.88 Å². The Morgan fingerprint density at radius 2 is 1.55 bits per heavy atom. The number of fused-ring (bicyclic) bond motifs is 1. The second kappa shape index (κ2) is 5.17. The molecule has 0 atom stereocenters. The van der Waals surface area contributed by atoms with Gasteiger partial charge in [0, 0.05) is 6.07 Å². The van der Waals surface area contributed by atoms with Crippen molar-refractivity contribution in [3.8, 4) is 17.4 Å². The van der Waals surface area contributed by atoms with Gasteiger partial charge in [0.1, 0.15) is 17.2 Å². The fourth-order valence-corrected chi connectivity index (χ4v) is 1.95. The minimum atomic E-state index is 0.511. The van der Waals surface area contributed by atoms with Gasteiger partial charge in [0.15, 0.2) is 0 Å². The molecule has 0 aliphatic carbocycles. The van der Waals surface area contributed by atoms with Gasteiger partial charge in [-0.2, -0.15) is 0 Å². The van der Waals surface area contributed by atoms with Crippen LogP contribution in [0.5, 0.6) is 17.4 Å². The fraction of sp³-hybridized carbons (Fsp3) is 0.125. The summed E-state index contributed by atoms with van der Waals surface area (Å²) >= 11 is 0. The SMILES string of the molecule is COc1cccc(Oc2nc3ccccc3nc2C)c1. The van der Waals surface area contributed by atoms with E-state index in [1.165, 1.54) is 0 Å². The van der Waals surface area contributed by atoms with Crippen LogP contribution in [0.25, 0.3) is 11.0 Å². The first-order valence-electron chi connectivity index (χ1n) is 6.31. The number of aromatic nitrogens is 2. The summed E-state index contributed by atoms with van der Waals surface area (Å²) in [5.41, 5.74) is 2.44. The molecule has 0 amide bonds. The maximum absolute atomic E-state index is 5.81. The fourth-order valence-electron chi connectivity index (χ4n) is 1.95. The van der Waals surface area contributed by atoms with Crippen LogP contribution >= 0.6 is 0 Å². The van der Waals surface area contributed by atoms with Crippen LogP contribution in [0.4, 0.5) is 0 Å². The zero-order valence-electron chi connectivity index (χ0n) is 11.3. The van der Waals surface area contributed by atoms with Gasteiger partial charge < -0.3 is 9.47 Å². The predicted molar refractivity (Wildman–Crippen MR) is 77.3 cm³/mol. The minimum Gasteiger partial charge on any atom is -0.497 e. The van der Waals surface area contributed by atoms with Crippen LogP contribution in [-0.2, 0) is 0 Å². The molecule has 0 aliphatic rings. The smallest absolute Gasteiger partial charge is 0.241 e. The summed E-state index contributed by atoms with van der Waals surface area (Å²) in [4.78, 5) is 9.00. The number of hydrogen-bond acceptors (Lipinski definition) is 4. The largest absolute Gasteiger partial charge is 0.497 e. The molecular formula is C16H14N2O2. The minimum absolute atomic E-state index is 0.511. The Labute approximate surface area is 117 Å². The van der Waals surface area contributed by atoms with Crippen molar-refractivity contribution in [2.24, 2.45) is 0 Å². The quantitative estimate of drug-likeness (QED) is 0.724. The van der Waals surface area contributed by atoms with E-state index < -0.39 is 0 Å². The summed E-state index contributed by atoms with van der Waals surface area (Å²) in [5, 5.41) is 0. The Morgan fingerprint density at radius 3 is 2.30 bits per heavy atom. The van der Waals surface area contributed by atoms with Crippen LogP contribution in [0.1, 0.15) is 5.69 Å². The molecule has 100 valence electrons. The van der Waals surface area contributed by atoms with Crippen molar-refractivity contribution in [3.63, 3.8) is 0 Å². The van der Waals surface area contributed by atoms with Gasteiger partial charge in [-0.15, -0.1) is 0 Å². The van der Waals surface area contributed by atoms with E-state index in [2.05, 4.69) is 9.97 Å². The number of nitrogens with zero attached hydrogens (tertiary/aromatic N) is 2. The molecule has 1 aromatic heterocycles. The monoisotopic (exact) mass is 266 g/mol. The van der Waals surface area contributed by atoms with Crippen LogP contribution in [-0.4, -0.2) is 17.1 Å². The maximum Gasteiger partial charge on any atom is 0.241 e. The molecular weight excluding hydrogens is 252 g/mol. The molecule has 0 aliphatic heterocycles. The van der Waals surface area contributed by atoms with Crippen LogP contribution in [0.3, 0.4) is 0 Å². The highest BCUT2D eigenvalue weighted by Crippen LogP contribution is 2.26. The average Bonchev–Trinajstić information content (AvgIpc) is 2.48. The van der Waals surface area contributed by atoms with Gasteiger partial charge in [-0.25, -0.2) is 9.97 Å². The normalized spacial score (nSPS) is 10.5. The number of para-hydroxylation sites is 2. The number of hydrogen-bond donors (Lipinski definition) is 0. The highest BCUT2D eigenvalue weighted by molar-refractivity contribution is 5.74. The summed E-state index contributed by atoms with van der Waals surface area (Å²) in [6.45, 7) is 1.88. The Morgan fingerprint density at radius 1 is 0.850 bits per heavy atom. The summed E-state index contributed by atoms with van der Waals surface area (Å²) < 4.78 is 11.0. The lowest BCUT2D eigenvalue weighted by atomic mass is 10.3. The number of benzene rings is 2. The molecule has 0 unspecified atom stereocenters. The molecule has 20 heavy (non-hydrogen) atoms. The lowest BCUT2D eigenvalue weighted by Crippen LogP contribution is -1.95. The number of rotatable bonds is 3. The summed E-state index contributed by atoms with van der Waals surface area (Å²) in [5.74, 6) is 1.93. The number of methoxy groups -OCH3 is 1. The first-order valence-corrected chi connectivity index (χ1v) is 6.31. The molecule has 0 bridgehead atoms. The highest BCUT2D eigenvalue weighted by atomic mass is 16.5. The van der Waals surface area contributed by atoms with Crippen LogP contribution in [0.15, 0.2) is 48.5 Å². The molecule has 2 aromatic carbocycles. The highest BCUT2D eigenvalue weighted by Gasteiger charge is 2.07. The van der Waals surface area contributed by atoms with Gasteiger partial charge in [-0.1, -0.05) is 18.2 Å². The molecule has 1 heterocycles. The zero-order chi connectivity index (χ0) is 13.9. The Balaban J connectivity index is 1.99. The Hall–Kier alpha value is -2.62. The van der Waals surface area contributed by atoms with E-state index >= 15 is 0 Å². The third-order valence-corrected chi connectivity index (χ3v) is 2.96. The molecule has 4 heteroatoms. The second-order valence-electron chi connectivity index (χ2n) is 4.38. The standard InChI is InChI=1S/C16H14N2O2/c1-11-16(18-15-9-4-3-8-14(15)17-11)20-13-7-5-6-12(10-13)19-2/h3-10H,1-2H3. The van der Waals surface area contributed by atoms with Gasteiger partial charge >= 0.3 is 0 Å². The molecule has 0 fully saturated rings. The lowest BCUT2D eigenvalue weighted by Gasteiger charge is -2.09. The third kappa shape index (κ3) is 2.40. The van der Waals surface area contributed by atoms with Gasteiger partial charge in [0.25, 0.3) is 0 Å². The maximum atomic E-state index is 5.81. The van der Waals surface area contributed by atoms with E-state index in [9.17, 15) is 0 Å². The van der Waals surface area contributed by atoms with Crippen molar-refractivity contribution >= 4 is 11.0 Å². The summed E-state index contributed by atoms with van der Waals surface area (Å²) in [7, 11) is 1.63. The second-order valence-corrected chi connectivity index (χ2v) is 4.38. The zero-order valence-corrected chi connectivity index (χ0v) is 11.3. The Bertz CT molecular complexity index is 756. The summed E-state index contributed by atoms with van der Waals surface area (Å²) in [6.07, 6.45) is 0. The topological polar surface area (TPSA) is 44.2 Å². The van der Waals surface area contributed by atoms with Crippen LogP contribution < -0.4 is 9.47 Å². The first kappa shape index (κ1) is 12.4. The molecule has 3 aromatic rings. The van der Waals surface area contributed by atoms with E-state index in [0.717, 1.165) is 22.5 Å². The van der Waals surface area contributed by atoms with Crippen LogP contribution in [0.2, 0.25) is 0 Å². The lowest BCUT2D eigenvalue weighted by molar-refractivity contribution is 0.407. The van der Waals surface area contributed by atoms with Crippen molar-refractivity contribution in [2.75, 3.05) is 7.11 Å². The number of ether oxygens (including phenoxy) is 2. The molecule has 4 nitrogen and oxygen atoms in total. The van der Waals surface area contributed by atoms with Crippen molar-refractivity contribution in [1.29, 1.82) is 0 Å². The van der Waals surface area contributed by atoms with Crippen molar-refractivity contribution in [3.05, 3.63) is 54.2 Å². The predicted octanol–water partition coefficient (Wildman–Crippen LogP) is 3.74. The summed E-state index contributed by atoms with van der Waals surface area (Å²) in [6, 6.07) is 15.1. The van der Waals surface area contributed by atoms with Crippen LogP contribution in [0, 0.1) is 6.92 Å². The van der Waals surface area contributed by atoms with E-state index in [4.69, 9.17) is 9.47 Å². The third-order valence-electron chi connectivity index (χ3n) is 2.96. The Kier molecular flexibility index (Phi) is 3.21. The molecule has 0 saturated heterocycles. The molecule has 0 radical (unpaired) electrons. The van der Waals surface area contributed by atoms with E-state index in [1.807, 2.05) is 55.5 Å².